The number of hydrogen-bond acceptors (Lipinski definition) is 4. The lowest BCUT2D eigenvalue weighted by Gasteiger charge is -2.06. The molecule has 1 amide bonds. The zero-order valence-electron chi connectivity index (χ0n) is 14.8. The Morgan fingerprint density at radius 1 is 1.07 bits per heavy atom. The number of nitrogens with one attached hydrogen (secondary N) is 3. The van der Waals surface area contributed by atoms with Gasteiger partial charge in [-0.05, 0) is 37.3 Å². The smallest absolute Gasteiger partial charge is 0.321 e. The summed E-state index contributed by atoms with van der Waals surface area (Å²) in [5.74, 6) is -0.393. The van der Waals surface area contributed by atoms with E-state index in [4.69, 9.17) is 0 Å². The first-order chi connectivity index (χ1) is 13.7. The Balaban J connectivity index is 1.58. The SMILES string of the molecule is Cc1nc(-c2ccc(C(F)(F)F)cc2)sc1C(=O)Nc1ccc2[nH]c(=O)[nH]c2c1. The Bertz CT molecular complexity index is 1270. The summed E-state index contributed by atoms with van der Waals surface area (Å²) < 4.78 is 38.1. The molecule has 3 N–H and O–H groups in total. The Labute approximate surface area is 165 Å². The van der Waals surface area contributed by atoms with Crippen molar-refractivity contribution in [3.05, 3.63) is 69.1 Å². The van der Waals surface area contributed by atoms with E-state index < -0.39 is 17.6 Å². The van der Waals surface area contributed by atoms with Crippen LogP contribution in [0, 0.1) is 6.92 Å². The molecule has 148 valence electrons. The average Bonchev–Trinajstić information content (AvgIpc) is 3.22. The van der Waals surface area contributed by atoms with Crippen LogP contribution in [0.5, 0.6) is 0 Å². The van der Waals surface area contributed by atoms with Crippen LogP contribution in [0.2, 0.25) is 0 Å². The van der Waals surface area contributed by atoms with Gasteiger partial charge in [0.25, 0.3) is 5.91 Å². The van der Waals surface area contributed by atoms with Crippen molar-refractivity contribution in [1.29, 1.82) is 0 Å². The molecular weight excluding hydrogens is 405 g/mol. The number of carbonyl (C=O) groups excluding carboxylic acids is 1. The molecule has 2 aromatic carbocycles. The molecule has 0 radical (unpaired) electrons. The predicted molar refractivity (Wildman–Crippen MR) is 104 cm³/mol. The van der Waals surface area contributed by atoms with Crippen LogP contribution < -0.4 is 11.0 Å². The maximum absolute atomic E-state index is 12.7. The minimum Gasteiger partial charge on any atom is -0.321 e. The Kier molecular flexibility index (Phi) is 4.50. The van der Waals surface area contributed by atoms with Crippen molar-refractivity contribution in [2.24, 2.45) is 0 Å². The number of H-pyrrole nitrogens is 2. The van der Waals surface area contributed by atoms with Crippen LogP contribution >= 0.6 is 11.3 Å². The molecule has 0 atom stereocenters. The number of amides is 1. The van der Waals surface area contributed by atoms with E-state index in [-0.39, 0.29) is 5.69 Å². The number of anilines is 1. The molecule has 0 spiro atoms. The molecule has 0 saturated carbocycles. The molecule has 2 heterocycles. The zero-order valence-corrected chi connectivity index (χ0v) is 15.7. The summed E-state index contributed by atoms with van der Waals surface area (Å²) in [7, 11) is 0. The third-order valence-electron chi connectivity index (χ3n) is 4.24. The third-order valence-corrected chi connectivity index (χ3v) is 5.44. The minimum atomic E-state index is -4.41. The van der Waals surface area contributed by atoms with Gasteiger partial charge in [0.05, 0.1) is 22.3 Å². The van der Waals surface area contributed by atoms with Crippen LogP contribution in [-0.2, 0) is 6.18 Å². The van der Waals surface area contributed by atoms with E-state index in [0.717, 1.165) is 23.5 Å². The van der Waals surface area contributed by atoms with E-state index in [1.807, 2.05) is 0 Å². The molecule has 0 aliphatic heterocycles. The van der Waals surface area contributed by atoms with Gasteiger partial charge in [-0.2, -0.15) is 13.2 Å². The van der Waals surface area contributed by atoms with E-state index in [1.54, 1.807) is 25.1 Å². The second-order valence-electron chi connectivity index (χ2n) is 6.30. The molecule has 0 aliphatic carbocycles. The van der Waals surface area contributed by atoms with Gasteiger partial charge in [0.15, 0.2) is 0 Å². The van der Waals surface area contributed by atoms with Gasteiger partial charge in [0.2, 0.25) is 0 Å². The van der Waals surface area contributed by atoms with Crippen molar-refractivity contribution >= 4 is 34.0 Å². The highest BCUT2D eigenvalue weighted by Crippen LogP contribution is 2.33. The van der Waals surface area contributed by atoms with Crippen molar-refractivity contribution in [3.8, 4) is 10.6 Å². The number of benzene rings is 2. The van der Waals surface area contributed by atoms with Crippen LogP contribution in [-0.4, -0.2) is 20.9 Å². The summed E-state index contributed by atoms with van der Waals surface area (Å²) in [4.78, 5) is 33.9. The molecule has 29 heavy (non-hydrogen) atoms. The number of alkyl halides is 3. The highest BCUT2D eigenvalue weighted by molar-refractivity contribution is 7.17. The number of nitrogens with zero attached hydrogens (tertiary/aromatic N) is 1. The Hall–Kier alpha value is -3.40. The predicted octanol–water partition coefficient (Wildman–Crippen LogP) is 4.56. The van der Waals surface area contributed by atoms with E-state index in [9.17, 15) is 22.8 Å². The summed E-state index contributed by atoms with van der Waals surface area (Å²) in [5.41, 5.74) is 1.54. The number of fused-ring (bicyclic) bond motifs is 1. The minimum absolute atomic E-state index is 0.344. The number of rotatable bonds is 3. The lowest BCUT2D eigenvalue weighted by atomic mass is 10.1. The molecule has 10 heteroatoms. The highest BCUT2D eigenvalue weighted by atomic mass is 32.1. The first-order valence-electron chi connectivity index (χ1n) is 8.39. The summed E-state index contributed by atoms with van der Waals surface area (Å²) in [6, 6.07) is 9.57. The van der Waals surface area contributed by atoms with Gasteiger partial charge in [0, 0.05) is 11.3 Å². The molecule has 0 fully saturated rings. The monoisotopic (exact) mass is 418 g/mol. The normalized spacial score (nSPS) is 11.7. The van der Waals surface area contributed by atoms with E-state index >= 15 is 0 Å². The van der Waals surface area contributed by atoms with Crippen molar-refractivity contribution in [1.82, 2.24) is 15.0 Å². The van der Waals surface area contributed by atoms with Gasteiger partial charge in [-0.3, -0.25) is 4.79 Å². The van der Waals surface area contributed by atoms with E-state index in [0.29, 0.717) is 37.9 Å². The second kappa shape index (κ2) is 6.89. The van der Waals surface area contributed by atoms with Crippen LogP contribution in [0.4, 0.5) is 18.9 Å². The molecule has 4 aromatic rings. The number of thiazole rings is 1. The zero-order chi connectivity index (χ0) is 20.8. The van der Waals surface area contributed by atoms with Gasteiger partial charge in [-0.25, -0.2) is 9.78 Å². The molecule has 0 bridgehead atoms. The van der Waals surface area contributed by atoms with Crippen LogP contribution in [0.25, 0.3) is 21.6 Å². The number of carbonyl (C=O) groups is 1. The number of imidazole rings is 1. The van der Waals surface area contributed by atoms with Crippen molar-refractivity contribution in [3.63, 3.8) is 0 Å². The number of hydrogen-bond donors (Lipinski definition) is 3. The van der Waals surface area contributed by atoms with Crippen molar-refractivity contribution in [2.45, 2.75) is 13.1 Å². The van der Waals surface area contributed by atoms with Gasteiger partial charge in [-0.15, -0.1) is 11.3 Å². The molecular formula is C19H13F3N4O2S. The fourth-order valence-electron chi connectivity index (χ4n) is 2.83. The fraction of sp³-hybridized carbons (Fsp3) is 0.105. The first kappa shape index (κ1) is 18.9. The topological polar surface area (TPSA) is 90.6 Å². The summed E-state index contributed by atoms with van der Waals surface area (Å²) in [5, 5.41) is 3.19. The van der Waals surface area contributed by atoms with Crippen molar-refractivity contribution < 1.29 is 18.0 Å². The average molecular weight is 418 g/mol. The number of aryl methyl sites for hydroxylation is 1. The fourth-order valence-corrected chi connectivity index (χ4v) is 3.80. The second-order valence-corrected chi connectivity index (χ2v) is 7.30. The van der Waals surface area contributed by atoms with Crippen LogP contribution in [0.15, 0.2) is 47.3 Å². The number of aromatic nitrogens is 3. The number of aromatic amines is 2. The van der Waals surface area contributed by atoms with Crippen molar-refractivity contribution in [2.75, 3.05) is 5.32 Å². The van der Waals surface area contributed by atoms with Gasteiger partial charge >= 0.3 is 11.9 Å². The standard InChI is InChI=1S/C19H13F3N4O2S/c1-9-15(16(27)24-12-6-7-13-14(8-12)26-18(28)25-13)29-17(23-9)10-2-4-11(5-3-10)19(20,21)22/h2-8H,1H3,(H,24,27)(H2,25,26,28). The molecule has 0 unspecified atom stereocenters. The highest BCUT2D eigenvalue weighted by Gasteiger charge is 2.30. The molecule has 0 saturated heterocycles. The Morgan fingerprint density at radius 2 is 1.76 bits per heavy atom. The third kappa shape index (κ3) is 3.79. The lowest BCUT2D eigenvalue weighted by molar-refractivity contribution is -0.137. The maximum atomic E-state index is 12.7. The molecule has 6 nitrogen and oxygen atoms in total. The number of halogens is 3. The van der Waals surface area contributed by atoms with Crippen LogP contribution in [0.3, 0.4) is 0 Å². The van der Waals surface area contributed by atoms with Gasteiger partial charge in [0.1, 0.15) is 9.88 Å². The van der Waals surface area contributed by atoms with E-state index in [2.05, 4.69) is 20.3 Å². The molecule has 2 aromatic heterocycles. The van der Waals surface area contributed by atoms with Gasteiger partial charge in [-0.1, -0.05) is 12.1 Å². The summed E-state index contributed by atoms with van der Waals surface area (Å²) in [6.45, 7) is 1.66. The largest absolute Gasteiger partial charge is 0.416 e. The first-order valence-corrected chi connectivity index (χ1v) is 9.21. The molecule has 4 rings (SSSR count). The maximum Gasteiger partial charge on any atom is 0.416 e. The summed E-state index contributed by atoms with van der Waals surface area (Å²) >= 11 is 1.09. The lowest BCUT2D eigenvalue weighted by Crippen LogP contribution is -2.11. The van der Waals surface area contributed by atoms with Gasteiger partial charge < -0.3 is 15.3 Å². The molecule has 0 aliphatic rings. The van der Waals surface area contributed by atoms with Crippen LogP contribution in [0.1, 0.15) is 20.9 Å². The quantitative estimate of drug-likeness (QED) is 0.456. The summed E-state index contributed by atoms with van der Waals surface area (Å²) in [6.07, 6.45) is -4.41. The Morgan fingerprint density at radius 3 is 2.45 bits per heavy atom. The van der Waals surface area contributed by atoms with E-state index in [1.165, 1.54) is 12.1 Å².